The molecular weight excluding hydrogens is 352 g/mol. The highest BCUT2D eigenvalue weighted by molar-refractivity contribution is 6.30. The Bertz CT molecular complexity index is 958. The van der Waals surface area contributed by atoms with Gasteiger partial charge >= 0.3 is 0 Å². The summed E-state index contributed by atoms with van der Waals surface area (Å²) in [6.45, 7) is 1.61. The van der Waals surface area contributed by atoms with Crippen LogP contribution in [0.4, 0.5) is 0 Å². The van der Waals surface area contributed by atoms with Crippen LogP contribution in [-0.2, 0) is 4.79 Å². The van der Waals surface area contributed by atoms with E-state index in [1.807, 2.05) is 36.4 Å². The number of nitrogens with one attached hydrogen (secondary N) is 2. The van der Waals surface area contributed by atoms with E-state index in [-0.39, 0.29) is 0 Å². The average Bonchev–Trinajstić information content (AvgIpc) is 2.65. The Balaban J connectivity index is 1.57. The maximum atomic E-state index is 12.1. The summed E-state index contributed by atoms with van der Waals surface area (Å²) >= 11 is 5.85. The van der Waals surface area contributed by atoms with E-state index in [1.165, 1.54) is 6.07 Å². The number of amides is 2. The summed E-state index contributed by atoms with van der Waals surface area (Å²) in [5.41, 5.74) is 5.04. The molecule has 0 aliphatic rings. The molecular formula is C20H17ClN2O3. The molecule has 2 N–H and O–H groups in total. The van der Waals surface area contributed by atoms with E-state index in [0.717, 1.165) is 10.8 Å². The Morgan fingerprint density at radius 3 is 2.46 bits per heavy atom. The molecule has 0 radical (unpaired) electrons. The third-order valence-corrected chi connectivity index (χ3v) is 4.02. The Morgan fingerprint density at radius 2 is 1.69 bits per heavy atom. The van der Waals surface area contributed by atoms with Crippen molar-refractivity contribution >= 4 is 34.2 Å². The summed E-state index contributed by atoms with van der Waals surface area (Å²) in [5, 5.41) is 2.55. The van der Waals surface area contributed by atoms with E-state index in [9.17, 15) is 9.59 Å². The quantitative estimate of drug-likeness (QED) is 0.690. The number of benzene rings is 3. The van der Waals surface area contributed by atoms with Crippen LogP contribution in [0.15, 0.2) is 66.7 Å². The van der Waals surface area contributed by atoms with Crippen LogP contribution >= 0.6 is 11.6 Å². The Kier molecular flexibility index (Phi) is 5.39. The van der Waals surface area contributed by atoms with Crippen LogP contribution in [0.3, 0.4) is 0 Å². The molecule has 0 spiro atoms. The fourth-order valence-electron chi connectivity index (χ4n) is 2.42. The van der Waals surface area contributed by atoms with Crippen molar-refractivity contribution in [2.75, 3.05) is 0 Å². The number of hydrogen-bond donors (Lipinski definition) is 2. The van der Waals surface area contributed by atoms with Crippen LogP contribution in [0.5, 0.6) is 5.75 Å². The van der Waals surface area contributed by atoms with E-state index < -0.39 is 17.9 Å². The van der Waals surface area contributed by atoms with Gasteiger partial charge in [0.05, 0.1) is 0 Å². The minimum Gasteiger partial charge on any atom is -0.481 e. The summed E-state index contributed by atoms with van der Waals surface area (Å²) in [4.78, 5) is 24.1. The van der Waals surface area contributed by atoms with Crippen molar-refractivity contribution in [1.82, 2.24) is 10.9 Å². The number of hydrogen-bond acceptors (Lipinski definition) is 3. The monoisotopic (exact) mass is 368 g/mol. The second kappa shape index (κ2) is 7.89. The van der Waals surface area contributed by atoms with Crippen molar-refractivity contribution in [3.8, 4) is 5.75 Å². The first kappa shape index (κ1) is 17.8. The molecule has 0 aliphatic heterocycles. The number of carbonyl (C=O) groups excluding carboxylic acids is 2. The summed E-state index contributed by atoms with van der Waals surface area (Å²) in [7, 11) is 0. The van der Waals surface area contributed by atoms with E-state index >= 15 is 0 Å². The highest BCUT2D eigenvalue weighted by Gasteiger charge is 2.16. The zero-order valence-electron chi connectivity index (χ0n) is 14.0. The van der Waals surface area contributed by atoms with Gasteiger partial charge in [0, 0.05) is 10.6 Å². The molecule has 0 saturated carbocycles. The molecule has 5 nitrogen and oxygen atoms in total. The van der Waals surface area contributed by atoms with Crippen molar-refractivity contribution in [2.45, 2.75) is 13.0 Å². The minimum absolute atomic E-state index is 0.348. The Labute approximate surface area is 155 Å². The van der Waals surface area contributed by atoms with E-state index in [0.29, 0.717) is 16.3 Å². The van der Waals surface area contributed by atoms with Crippen molar-refractivity contribution < 1.29 is 14.3 Å². The van der Waals surface area contributed by atoms with Crippen LogP contribution in [0.25, 0.3) is 10.8 Å². The molecule has 1 atom stereocenters. The highest BCUT2D eigenvalue weighted by Crippen LogP contribution is 2.21. The van der Waals surface area contributed by atoms with Crippen molar-refractivity contribution in [3.63, 3.8) is 0 Å². The lowest BCUT2D eigenvalue weighted by Crippen LogP contribution is -2.47. The lowest BCUT2D eigenvalue weighted by molar-refractivity contribution is -0.128. The summed E-state index contributed by atoms with van der Waals surface area (Å²) in [6, 6.07) is 19.9. The number of halogens is 1. The van der Waals surface area contributed by atoms with Gasteiger partial charge in [0.25, 0.3) is 11.8 Å². The molecule has 3 aromatic rings. The first-order valence-electron chi connectivity index (χ1n) is 8.04. The zero-order valence-corrected chi connectivity index (χ0v) is 14.8. The number of fused-ring (bicyclic) bond motifs is 1. The van der Waals surface area contributed by atoms with Crippen LogP contribution in [-0.4, -0.2) is 17.9 Å². The molecule has 0 heterocycles. The maximum absolute atomic E-state index is 12.1. The smallest absolute Gasteiger partial charge is 0.279 e. The second-order valence-electron chi connectivity index (χ2n) is 5.72. The summed E-state index contributed by atoms with van der Waals surface area (Å²) < 4.78 is 5.66. The molecule has 26 heavy (non-hydrogen) atoms. The number of rotatable bonds is 4. The summed E-state index contributed by atoms with van der Waals surface area (Å²) in [6.07, 6.45) is -0.782. The molecule has 0 aliphatic carbocycles. The molecule has 1 unspecified atom stereocenters. The zero-order chi connectivity index (χ0) is 18.5. The minimum atomic E-state index is -0.782. The third kappa shape index (κ3) is 4.32. The lowest BCUT2D eigenvalue weighted by Gasteiger charge is -2.15. The normalized spacial score (nSPS) is 11.6. The van der Waals surface area contributed by atoms with Gasteiger partial charge in [-0.2, -0.15) is 0 Å². The van der Waals surface area contributed by atoms with Gasteiger partial charge < -0.3 is 4.74 Å². The number of hydrazine groups is 1. The van der Waals surface area contributed by atoms with Crippen molar-refractivity contribution in [3.05, 3.63) is 77.3 Å². The Morgan fingerprint density at radius 1 is 0.923 bits per heavy atom. The predicted octanol–water partition coefficient (Wildman–Crippen LogP) is 3.72. The molecule has 0 bridgehead atoms. The highest BCUT2D eigenvalue weighted by atomic mass is 35.5. The number of ether oxygens (including phenoxy) is 1. The summed E-state index contributed by atoms with van der Waals surface area (Å²) in [5.74, 6) is -0.347. The van der Waals surface area contributed by atoms with E-state index in [2.05, 4.69) is 10.9 Å². The van der Waals surface area contributed by atoms with Crippen LogP contribution in [0, 0.1) is 0 Å². The van der Waals surface area contributed by atoms with Gasteiger partial charge in [-0.1, -0.05) is 48.0 Å². The molecule has 0 fully saturated rings. The first-order chi connectivity index (χ1) is 12.5. The van der Waals surface area contributed by atoms with E-state index in [4.69, 9.17) is 16.3 Å². The first-order valence-corrected chi connectivity index (χ1v) is 8.42. The molecule has 6 heteroatoms. The molecule has 3 rings (SSSR count). The molecule has 3 aromatic carbocycles. The molecule has 132 valence electrons. The van der Waals surface area contributed by atoms with Gasteiger partial charge in [0.2, 0.25) is 0 Å². The number of carbonyl (C=O) groups is 2. The van der Waals surface area contributed by atoms with E-state index in [1.54, 1.807) is 31.2 Å². The van der Waals surface area contributed by atoms with Gasteiger partial charge in [0.15, 0.2) is 6.10 Å². The molecule has 0 aromatic heterocycles. The van der Waals surface area contributed by atoms with Gasteiger partial charge in [0.1, 0.15) is 5.75 Å². The lowest BCUT2D eigenvalue weighted by atomic mass is 10.1. The largest absolute Gasteiger partial charge is 0.481 e. The van der Waals surface area contributed by atoms with Gasteiger partial charge in [-0.3, -0.25) is 20.4 Å². The fraction of sp³-hybridized carbons (Fsp3) is 0.100. The third-order valence-electron chi connectivity index (χ3n) is 3.79. The standard InChI is InChI=1S/C20H17ClN2O3/c1-13(26-18-10-9-14-5-2-3-6-15(14)12-18)19(24)22-23-20(25)16-7-4-8-17(21)11-16/h2-13H,1H3,(H,22,24)(H,23,25). The topological polar surface area (TPSA) is 67.4 Å². The van der Waals surface area contributed by atoms with Crippen LogP contribution in [0.2, 0.25) is 5.02 Å². The van der Waals surface area contributed by atoms with Crippen molar-refractivity contribution in [1.29, 1.82) is 0 Å². The maximum Gasteiger partial charge on any atom is 0.279 e. The second-order valence-corrected chi connectivity index (χ2v) is 6.16. The molecule has 2 amide bonds. The molecule has 0 saturated heterocycles. The van der Waals surface area contributed by atoms with Crippen LogP contribution in [0.1, 0.15) is 17.3 Å². The van der Waals surface area contributed by atoms with Gasteiger partial charge in [-0.25, -0.2) is 0 Å². The predicted molar refractivity (Wildman–Crippen MR) is 101 cm³/mol. The SMILES string of the molecule is CC(Oc1ccc2ccccc2c1)C(=O)NNC(=O)c1cccc(Cl)c1. The Hall–Kier alpha value is -3.05. The van der Waals surface area contributed by atoms with Gasteiger partial charge in [-0.05, 0) is 48.0 Å². The average molecular weight is 369 g/mol. The fourth-order valence-corrected chi connectivity index (χ4v) is 2.61. The van der Waals surface area contributed by atoms with Gasteiger partial charge in [-0.15, -0.1) is 0 Å². The van der Waals surface area contributed by atoms with Crippen molar-refractivity contribution in [2.24, 2.45) is 0 Å². The van der Waals surface area contributed by atoms with Crippen LogP contribution < -0.4 is 15.6 Å².